The number of nitrogens with one attached hydrogen (secondary N) is 3. The van der Waals surface area contributed by atoms with Crippen molar-refractivity contribution in [2.45, 2.75) is 32.4 Å². The van der Waals surface area contributed by atoms with Crippen LogP contribution in [0.2, 0.25) is 0 Å². The van der Waals surface area contributed by atoms with E-state index < -0.39 is 0 Å². The third kappa shape index (κ3) is 2.28. The van der Waals surface area contributed by atoms with E-state index in [-0.39, 0.29) is 0 Å². The summed E-state index contributed by atoms with van der Waals surface area (Å²) in [5.41, 5.74) is 3.93. The number of fused-ring (bicyclic) bond motifs is 1. The molecule has 1 aromatic carbocycles. The molecular formula is C15H21N3. The summed E-state index contributed by atoms with van der Waals surface area (Å²) < 4.78 is 0. The molecule has 3 nitrogen and oxygen atoms in total. The topological polar surface area (TPSA) is 39.9 Å². The van der Waals surface area contributed by atoms with E-state index in [0.717, 1.165) is 13.1 Å². The van der Waals surface area contributed by atoms with Crippen LogP contribution in [0.25, 0.3) is 10.9 Å². The van der Waals surface area contributed by atoms with E-state index in [1.165, 1.54) is 41.5 Å². The van der Waals surface area contributed by atoms with Crippen molar-refractivity contribution in [1.29, 1.82) is 0 Å². The van der Waals surface area contributed by atoms with Gasteiger partial charge in [-0.25, -0.2) is 0 Å². The highest BCUT2D eigenvalue weighted by Gasteiger charge is 2.13. The van der Waals surface area contributed by atoms with Crippen LogP contribution in [-0.4, -0.2) is 24.1 Å². The van der Waals surface area contributed by atoms with Gasteiger partial charge in [0.05, 0.1) is 0 Å². The quantitative estimate of drug-likeness (QED) is 0.771. The number of H-pyrrole nitrogens is 1. The predicted molar refractivity (Wildman–Crippen MR) is 75.8 cm³/mol. The van der Waals surface area contributed by atoms with Gasteiger partial charge in [-0.05, 0) is 37.9 Å². The highest BCUT2D eigenvalue weighted by Crippen LogP contribution is 2.21. The van der Waals surface area contributed by atoms with Gasteiger partial charge in [-0.15, -0.1) is 0 Å². The lowest BCUT2D eigenvalue weighted by Crippen LogP contribution is -2.33. The molecule has 1 aliphatic heterocycles. The summed E-state index contributed by atoms with van der Waals surface area (Å²) in [4.78, 5) is 3.45. The molecule has 18 heavy (non-hydrogen) atoms. The number of aromatic amines is 1. The lowest BCUT2D eigenvalue weighted by molar-refractivity contribution is 0.536. The molecule has 0 saturated carbocycles. The lowest BCUT2D eigenvalue weighted by atomic mass is 10.1. The Morgan fingerprint density at radius 1 is 1.33 bits per heavy atom. The second kappa shape index (κ2) is 5.12. The first-order valence-corrected chi connectivity index (χ1v) is 6.85. The molecule has 1 saturated heterocycles. The van der Waals surface area contributed by atoms with Crippen molar-refractivity contribution in [3.63, 3.8) is 0 Å². The van der Waals surface area contributed by atoms with E-state index in [9.17, 15) is 0 Å². The molecule has 0 bridgehead atoms. The second-order valence-electron chi connectivity index (χ2n) is 5.20. The molecule has 96 valence electrons. The number of aromatic nitrogens is 1. The molecule has 3 rings (SSSR count). The van der Waals surface area contributed by atoms with Crippen LogP contribution in [0.4, 0.5) is 0 Å². The van der Waals surface area contributed by atoms with Crippen molar-refractivity contribution in [3.8, 4) is 0 Å². The fraction of sp³-hybridized carbons (Fsp3) is 0.467. The van der Waals surface area contributed by atoms with Crippen LogP contribution in [0.1, 0.15) is 24.1 Å². The zero-order valence-corrected chi connectivity index (χ0v) is 10.9. The van der Waals surface area contributed by atoms with Crippen molar-refractivity contribution in [2.24, 2.45) is 0 Å². The zero-order chi connectivity index (χ0) is 12.4. The highest BCUT2D eigenvalue weighted by molar-refractivity contribution is 5.84. The number of hydrogen-bond acceptors (Lipinski definition) is 2. The number of rotatable bonds is 4. The van der Waals surface area contributed by atoms with Gasteiger partial charge in [-0.2, -0.15) is 0 Å². The maximum atomic E-state index is 3.58. The lowest BCUT2D eigenvalue weighted by Gasteiger charge is -2.11. The van der Waals surface area contributed by atoms with Crippen molar-refractivity contribution in [1.82, 2.24) is 15.6 Å². The van der Waals surface area contributed by atoms with Gasteiger partial charge in [0, 0.05) is 35.7 Å². The summed E-state index contributed by atoms with van der Waals surface area (Å²) in [5.74, 6) is 0. The van der Waals surface area contributed by atoms with Gasteiger partial charge in [0.2, 0.25) is 0 Å². The molecule has 1 unspecified atom stereocenters. The molecule has 2 aromatic rings. The Kier molecular flexibility index (Phi) is 3.35. The Labute approximate surface area is 108 Å². The number of benzene rings is 1. The van der Waals surface area contributed by atoms with Gasteiger partial charge in [0.15, 0.2) is 0 Å². The van der Waals surface area contributed by atoms with E-state index in [4.69, 9.17) is 0 Å². The molecule has 0 radical (unpaired) electrons. The Morgan fingerprint density at radius 3 is 3.06 bits per heavy atom. The first kappa shape index (κ1) is 11.8. The van der Waals surface area contributed by atoms with Crippen molar-refractivity contribution < 1.29 is 0 Å². The number of hydrogen-bond donors (Lipinski definition) is 3. The molecular weight excluding hydrogens is 222 g/mol. The smallest absolute Gasteiger partial charge is 0.0459 e. The van der Waals surface area contributed by atoms with Gasteiger partial charge in [0.25, 0.3) is 0 Å². The molecule has 3 heteroatoms. The zero-order valence-electron chi connectivity index (χ0n) is 10.9. The summed E-state index contributed by atoms with van der Waals surface area (Å²) in [7, 11) is 0. The average molecular weight is 243 g/mol. The van der Waals surface area contributed by atoms with Crippen LogP contribution >= 0.6 is 0 Å². The van der Waals surface area contributed by atoms with E-state index in [1.54, 1.807) is 0 Å². The number of aryl methyl sites for hydroxylation is 1. The van der Waals surface area contributed by atoms with E-state index in [0.29, 0.717) is 6.04 Å². The van der Waals surface area contributed by atoms with Crippen LogP contribution in [-0.2, 0) is 6.54 Å². The Bertz CT molecular complexity index is 524. The maximum Gasteiger partial charge on any atom is 0.0459 e. The molecule has 0 spiro atoms. The first-order valence-electron chi connectivity index (χ1n) is 6.85. The van der Waals surface area contributed by atoms with Crippen LogP contribution in [0, 0.1) is 6.92 Å². The van der Waals surface area contributed by atoms with E-state index >= 15 is 0 Å². The van der Waals surface area contributed by atoms with Crippen LogP contribution in [0.5, 0.6) is 0 Å². The molecule has 1 atom stereocenters. The van der Waals surface area contributed by atoms with E-state index in [2.05, 4.69) is 46.8 Å². The average Bonchev–Trinajstić information content (AvgIpc) is 2.98. The van der Waals surface area contributed by atoms with Crippen LogP contribution in [0.15, 0.2) is 24.3 Å². The Hall–Kier alpha value is -1.32. The molecule has 3 N–H and O–H groups in total. The fourth-order valence-corrected chi connectivity index (χ4v) is 2.86. The van der Waals surface area contributed by atoms with Crippen LogP contribution < -0.4 is 10.6 Å². The summed E-state index contributed by atoms with van der Waals surface area (Å²) in [6, 6.07) is 9.19. The minimum atomic E-state index is 0.663. The molecule has 0 amide bonds. The molecule has 1 fully saturated rings. The van der Waals surface area contributed by atoms with Gasteiger partial charge in [0.1, 0.15) is 0 Å². The maximum absolute atomic E-state index is 3.58. The summed E-state index contributed by atoms with van der Waals surface area (Å²) in [6.45, 7) is 5.36. The summed E-state index contributed by atoms with van der Waals surface area (Å²) >= 11 is 0. The van der Waals surface area contributed by atoms with Crippen molar-refractivity contribution in [2.75, 3.05) is 13.1 Å². The molecule has 1 aliphatic rings. The molecule has 0 aliphatic carbocycles. The number of para-hydroxylation sites is 1. The van der Waals surface area contributed by atoms with Gasteiger partial charge in [-0.3, -0.25) is 0 Å². The molecule has 2 heterocycles. The SMILES string of the molecule is Cc1[nH]c2ccccc2c1CNCC1CCCN1. The monoisotopic (exact) mass is 243 g/mol. The summed E-state index contributed by atoms with van der Waals surface area (Å²) in [6.07, 6.45) is 2.62. The largest absolute Gasteiger partial charge is 0.358 e. The first-order chi connectivity index (χ1) is 8.84. The third-order valence-corrected chi connectivity index (χ3v) is 3.88. The van der Waals surface area contributed by atoms with Crippen LogP contribution in [0.3, 0.4) is 0 Å². The van der Waals surface area contributed by atoms with E-state index in [1.807, 2.05) is 0 Å². The second-order valence-corrected chi connectivity index (χ2v) is 5.20. The normalized spacial score (nSPS) is 19.7. The standard InChI is InChI=1S/C15H21N3/c1-11-14(10-16-9-12-5-4-8-17-12)13-6-2-3-7-15(13)18-11/h2-3,6-7,12,16-18H,4-5,8-10H2,1H3. The Balaban J connectivity index is 1.68. The van der Waals surface area contributed by atoms with Gasteiger partial charge < -0.3 is 15.6 Å². The van der Waals surface area contributed by atoms with Crippen molar-refractivity contribution >= 4 is 10.9 Å². The minimum Gasteiger partial charge on any atom is -0.358 e. The van der Waals surface area contributed by atoms with Gasteiger partial charge >= 0.3 is 0 Å². The fourth-order valence-electron chi connectivity index (χ4n) is 2.86. The van der Waals surface area contributed by atoms with Crippen molar-refractivity contribution in [3.05, 3.63) is 35.5 Å². The summed E-state index contributed by atoms with van der Waals surface area (Å²) in [5, 5.41) is 8.45. The predicted octanol–water partition coefficient (Wildman–Crippen LogP) is 2.32. The van der Waals surface area contributed by atoms with Gasteiger partial charge in [-0.1, -0.05) is 18.2 Å². The Morgan fingerprint density at radius 2 is 2.22 bits per heavy atom. The molecule has 1 aromatic heterocycles. The third-order valence-electron chi connectivity index (χ3n) is 3.88. The minimum absolute atomic E-state index is 0.663. The highest BCUT2D eigenvalue weighted by atomic mass is 15.0.